The Kier molecular flexibility index (Phi) is 3.09. The Balaban J connectivity index is 2.09. The van der Waals surface area contributed by atoms with E-state index in [0.29, 0.717) is 11.6 Å². The molecule has 2 rings (SSSR count). The first-order valence-electron chi connectivity index (χ1n) is 6.54. The third kappa shape index (κ3) is 2.36. The van der Waals surface area contributed by atoms with Crippen LogP contribution in [-0.2, 0) is 0 Å². The molecule has 1 heterocycles. The van der Waals surface area contributed by atoms with Crippen LogP contribution in [0.5, 0.6) is 0 Å². The molecule has 0 aromatic rings. The topological polar surface area (TPSA) is 15.3 Å². The van der Waals surface area contributed by atoms with Crippen LogP contribution in [-0.4, -0.2) is 35.6 Å². The van der Waals surface area contributed by atoms with E-state index in [4.69, 9.17) is 0 Å². The molecule has 0 spiro atoms. The van der Waals surface area contributed by atoms with Crippen LogP contribution in [0.2, 0.25) is 0 Å². The van der Waals surface area contributed by atoms with Gasteiger partial charge in [-0.15, -0.1) is 0 Å². The lowest BCUT2D eigenvalue weighted by Gasteiger charge is -2.38. The highest BCUT2D eigenvalue weighted by Crippen LogP contribution is 2.41. The first-order valence-corrected chi connectivity index (χ1v) is 6.54. The summed E-state index contributed by atoms with van der Waals surface area (Å²) in [5.74, 6) is 0.934. The van der Waals surface area contributed by atoms with E-state index in [2.05, 4.69) is 37.9 Å². The maximum Gasteiger partial charge on any atom is 0.0308 e. The summed E-state index contributed by atoms with van der Waals surface area (Å²) in [5.41, 5.74) is 0.384. The van der Waals surface area contributed by atoms with E-state index in [1.807, 2.05) is 0 Å². The van der Waals surface area contributed by atoms with Gasteiger partial charge in [-0.1, -0.05) is 0 Å². The Morgan fingerprint density at radius 1 is 1.27 bits per heavy atom. The van der Waals surface area contributed by atoms with Gasteiger partial charge < -0.3 is 5.32 Å². The van der Waals surface area contributed by atoms with E-state index in [0.717, 1.165) is 12.0 Å². The Morgan fingerprint density at radius 2 is 1.93 bits per heavy atom. The predicted molar refractivity (Wildman–Crippen MR) is 65.1 cm³/mol. The van der Waals surface area contributed by atoms with Gasteiger partial charge in [-0.2, -0.15) is 0 Å². The highest BCUT2D eigenvalue weighted by atomic mass is 15.2. The third-order valence-electron chi connectivity index (χ3n) is 4.31. The minimum absolute atomic E-state index is 0.384. The summed E-state index contributed by atoms with van der Waals surface area (Å²) >= 11 is 0. The van der Waals surface area contributed by atoms with Crippen LogP contribution in [0.3, 0.4) is 0 Å². The summed E-state index contributed by atoms with van der Waals surface area (Å²) < 4.78 is 0. The summed E-state index contributed by atoms with van der Waals surface area (Å²) in [4.78, 5) is 2.68. The molecule has 0 bridgehead atoms. The van der Waals surface area contributed by atoms with Crippen molar-refractivity contribution in [2.45, 2.75) is 64.6 Å². The first-order chi connectivity index (χ1) is 7.03. The van der Waals surface area contributed by atoms with E-state index in [1.54, 1.807) is 0 Å². The Morgan fingerprint density at radius 3 is 2.47 bits per heavy atom. The Bertz CT molecular complexity index is 223. The van der Waals surface area contributed by atoms with Crippen molar-refractivity contribution in [1.82, 2.24) is 10.2 Å². The minimum atomic E-state index is 0.384. The predicted octanol–water partition coefficient (Wildman–Crippen LogP) is 2.25. The van der Waals surface area contributed by atoms with Crippen molar-refractivity contribution in [3.8, 4) is 0 Å². The van der Waals surface area contributed by atoms with Crippen molar-refractivity contribution < 1.29 is 0 Å². The van der Waals surface area contributed by atoms with Crippen LogP contribution in [0.25, 0.3) is 0 Å². The fourth-order valence-corrected chi connectivity index (χ4v) is 3.01. The molecule has 1 saturated heterocycles. The fraction of sp³-hybridized carbons (Fsp3) is 1.00. The largest absolute Gasteiger partial charge is 0.310 e. The van der Waals surface area contributed by atoms with Gasteiger partial charge in [0.2, 0.25) is 0 Å². The van der Waals surface area contributed by atoms with Crippen molar-refractivity contribution in [2.75, 3.05) is 13.1 Å². The van der Waals surface area contributed by atoms with E-state index in [-0.39, 0.29) is 0 Å². The maximum absolute atomic E-state index is 3.79. The van der Waals surface area contributed by atoms with Crippen molar-refractivity contribution >= 4 is 0 Å². The van der Waals surface area contributed by atoms with Gasteiger partial charge in [-0.25, -0.2) is 0 Å². The van der Waals surface area contributed by atoms with Crippen molar-refractivity contribution in [2.24, 2.45) is 5.92 Å². The van der Waals surface area contributed by atoms with Crippen LogP contribution < -0.4 is 5.32 Å². The van der Waals surface area contributed by atoms with Crippen molar-refractivity contribution in [3.63, 3.8) is 0 Å². The van der Waals surface area contributed by atoms with Gasteiger partial charge in [0.25, 0.3) is 0 Å². The molecular formula is C13H26N2. The molecule has 2 nitrogen and oxygen atoms in total. The lowest BCUT2D eigenvalue weighted by atomic mass is 9.94. The standard InChI is InChI=1S/C13H26N2/c1-10(2)15-9-13(4,12-5-6-12)14-8-7-11(15)3/h10-12,14H,5-9H2,1-4H3. The second kappa shape index (κ2) is 4.06. The molecule has 1 aliphatic carbocycles. The van der Waals surface area contributed by atoms with Crippen LogP contribution in [0.1, 0.15) is 47.0 Å². The zero-order valence-electron chi connectivity index (χ0n) is 10.7. The quantitative estimate of drug-likeness (QED) is 0.752. The summed E-state index contributed by atoms with van der Waals surface area (Å²) in [7, 11) is 0. The van der Waals surface area contributed by atoms with E-state index < -0.39 is 0 Å². The first kappa shape index (κ1) is 11.4. The van der Waals surface area contributed by atoms with Crippen LogP contribution in [0.4, 0.5) is 0 Å². The second-order valence-electron chi connectivity index (χ2n) is 6.02. The average Bonchev–Trinajstić information content (AvgIpc) is 2.94. The Hall–Kier alpha value is -0.0800. The van der Waals surface area contributed by atoms with Gasteiger partial charge in [-0.3, -0.25) is 4.90 Å². The summed E-state index contributed by atoms with van der Waals surface area (Å²) in [6.07, 6.45) is 4.16. The van der Waals surface area contributed by atoms with Gasteiger partial charge in [0.1, 0.15) is 0 Å². The van der Waals surface area contributed by atoms with Gasteiger partial charge in [0.15, 0.2) is 0 Å². The van der Waals surface area contributed by atoms with E-state index >= 15 is 0 Å². The average molecular weight is 210 g/mol. The number of nitrogens with one attached hydrogen (secondary N) is 1. The molecule has 0 amide bonds. The smallest absolute Gasteiger partial charge is 0.0308 e. The summed E-state index contributed by atoms with van der Waals surface area (Å²) in [6, 6.07) is 1.41. The van der Waals surface area contributed by atoms with Crippen molar-refractivity contribution in [1.29, 1.82) is 0 Å². The molecular weight excluding hydrogens is 184 g/mol. The minimum Gasteiger partial charge on any atom is -0.310 e. The summed E-state index contributed by atoms with van der Waals surface area (Å²) in [6.45, 7) is 11.9. The monoisotopic (exact) mass is 210 g/mol. The normalized spacial score (nSPS) is 39.4. The maximum atomic E-state index is 3.79. The molecule has 88 valence electrons. The number of hydrogen-bond donors (Lipinski definition) is 1. The highest BCUT2D eigenvalue weighted by Gasteiger charge is 2.44. The molecule has 0 aromatic heterocycles. The highest BCUT2D eigenvalue weighted by molar-refractivity contribution is 5.02. The number of nitrogens with zero attached hydrogens (tertiary/aromatic N) is 1. The lowest BCUT2D eigenvalue weighted by molar-refractivity contribution is 0.127. The summed E-state index contributed by atoms with van der Waals surface area (Å²) in [5, 5.41) is 3.79. The van der Waals surface area contributed by atoms with E-state index in [1.165, 1.54) is 32.4 Å². The zero-order chi connectivity index (χ0) is 11.1. The third-order valence-corrected chi connectivity index (χ3v) is 4.31. The molecule has 1 aliphatic heterocycles. The molecule has 1 N–H and O–H groups in total. The molecule has 1 saturated carbocycles. The SMILES string of the molecule is CC(C)N1CC(C)(C2CC2)NCCC1C. The fourth-order valence-electron chi connectivity index (χ4n) is 3.01. The van der Waals surface area contributed by atoms with Gasteiger partial charge in [0.05, 0.1) is 0 Å². The molecule has 15 heavy (non-hydrogen) atoms. The molecule has 0 aromatic carbocycles. The van der Waals surface area contributed by atoms with Crippen LogP contribution in [0.15, 0.2) is 0 Å². The van der Waals surface area contributed by atoms with Crippen molar-refractivity contribution in [3.05, 3.63) is 0 Å². The molecule has 2 aliphatic rings. The van der Waals surface area contributed by atoms with Crippen LogP contribution >= 0.6 is 0 Å². The van der Waals surface area contributed by atoms with Gasteiger partial charge in [-0.05, 0) is 59.4 Å². The van der Waals surface area contributed by atoms with E-state index in [9.17, 15) is 0 Å². The zero-order valence-corrected chi connectivity index (χ0v) is 10.7. The molecule has 2 fully saturated rings. The molecule has 0 radical (unpaired) electrons. The molecule has 2 atom stereocenters. The lowest BCUT2D eigenvalue weighted by Crippen LogP contribution is -2.53. The van der Waals surface area contributed by atoms with Crippen LogP contribution in [0, 0.1) is 5.92 Å². The second-order valence-corrected chi connectivity index (χ2v) is 6.02. The number of rotatable bonds is 2. The molecule has 2 unspecified atom stereocenters. The van der Waals surface area contributed by atoms with Gasteiger partial charge >= 0.3 is 0 Å². The number of hydrogen-bond acceptors (Lipinski definition) is 2. The Labute approximate surface area is 94.4 Å². The molecule has 2 heteroatoms. The van der Waals surface area contributed by atoms with Gasteiger partial charge in [0, 0.05) is 24.2 Å².